The number of nitrogens with one attached hydrogen (secondary N) is 2. The zero-order chi connectivity index (χ0) is 15.2. The molecule has 0 radical (unpaired) electrons. The van der Waals surface area contributed by atoms with E-state index >= 15 is 0 Å². The Morgan fingerprint density at radius 3 is 2.62 bits per heavy atom. The average molecular weight is 343 g/mol. The fraction of sp³-hybridized carbons (Fsp3) is 0.286. The van der Waals surface area contributed by atoms with Crippen LogP contribution >= 0.6 is 35.4 Å². The molecule has 0 saturated carbocycles. The molecule has 4 nitrogen and oxygen atoms in total. The average Bonchev–Trinajstić information content (AvgIpc) is 2.79. The standard InChI is InChI=1S/C14H16Cl2N4S/c1-10-8-18-20(9-10)4-2-3-17-14(21)19-13-6-11(15)5-12(16)7-13/h5-9H,2-4H2,1H3,(H2,17,19,21). The van der Waals surface area contributed by atoms with Crippen molar-refractivity contribution in [3.63, 3.8) is 0 Å². The van der Waals surface area contributed by atoms with E-state index < -0.39 is 0 Å². The van der Waals surface area contributed by atoms with E-state index in [9.17, 15) is 0 Å². The molecular formula is C14H16Cl2N4S. The van der Waals surface area contributed by atoms with E-state index in [0.29, 0.717) is 15.2 Å². The summed E-state index contributed by atoms with van der Waals surface area (Å²) in [6, 6.07) is 5.22. The minimum atomic E-state index is 0.546. The van der Waals surface area contributed by atoms with Gasteiger partial charge in [0.1, 0.15) is 0 Å². The topological polar surface area (TPSA) is 41.9 Å². The van der Waals surface area contributed by atoms with Crippen molar-refractivity contribution in [3.05, 3.63) is 46.2 Å². The molecule has 21 heavy (non-hydrogen) atoms. The molecular weight excluding hydrogens is 327 g/mol. The van der Waals surface area contributed by atoms with Gasteiger partial charge in [0, 0.05) is 35.0 Å². The van der Waals surface area contributed by atoms with Gasteiger partial charge < -0.3 is 10.6 Å². The first kappa shape index (κ1) is 16.1. The third-order valence-electron chi connectivity index (χ3n) is 2.73. The summed E-state index contributed by atoms with van der Waals surface area (Å²) in [5.41, 5.74) is 1.94. The Labute approximate surface area is 139 Å². The number of aromatic nitrogens is 2. The molecule has 112 valence electrons. The molecule has 0 fully saturated rings. The molecule has 1 aromatic heterocycles. The summed E-state index contributed by atoms with van der Waals surface area (Å²) in [6.45, 7) is 3.64. The van der Waals surface area contributed by atoms with Crippen LogP contribution in [0.15, 0.2) is 30.6 Å². The second-order valence-electron chi connectivity index (χ2n) is 4.67. The van der Waals surface area contributed by atoms with Crippen molar-refractivity contribution in [2.45, 2.75) is 19.9 Å². The summed E-state index contributed by atoms with van der Waals surface area (Å²) in [5, 5.41) is 12.1. The van der Waals surface area contributed by atoms with Crippen LogP contribution < -0.4 is 10.6 Å². The number of thiocarbonyl (C=S) groups is 1. The van der Waals surface area contributed by atoms with E-state index in [1.807, 2.05) is 24.0 Å². The molecule has 2 rings (SSSR count). The number of hydrogen-bond donors (Lipinski definition) is 2. The van der Waals surface area contributed by atoms with Gasteiger partial charge in [-0.2, -0.15) is 5.10 Å². The Morgan fingerprint density at radius 1 is 1.29 bits per heavy atom. The molecule has 0 atom stereocenters. The molecule has 0 amide bonds. The van der Waals surface area contributed by atoms with Crippen molar-refractivity contribution >= 4 is 46.2 Å². The van der Waals surface area contributed by atoms with Crippen LogP contribution in [-0.4, -0.2) is 21.4 Å². The summed E-state index contributed by atoms with van der Waals surface area (Å²) in [6.07, 6.45) is 4.80. The van der Waals surface area contributed by atoms with Crippen LogP contribution in [0.2, 0.25) is 10.0 Å². The van der Waals surface area contributed by atoms with Crippen LogP contribution in [0, 0.1) is 6.92 Å². The summed E-state index contributed by atoms with van der Waals surface area (Å²) < 4.78 is 1.92. The molecule has 1 heterocycles. The quantitative estimate of drug-likeness (QED) is 0.639. The molecule has 0 unspecified atom stereocenters. The fourth-order valence-corrected chi connectivity index (χ4v) is 2.58. The summed E-state index contributed by atoms with van der Waals surface area (Å²) in [7, 11) is 0. The number of halogens is 2. The number of hydrogen-bond acceptors (Lipinski definition) is 2. The Hall–Kier alpha value is -1.30. The number of rotatable bonds is 5. The van der Waals surface area contributed by atoms with E-state index in [2.05, 4.69) is 15.7 Å². The molecule has 0 bridgehead atoms. The Kier molecular flexibility index (Phi) is 5.85. The van der Waals surface area contributed by atoms with Crippen molar-refractivity contribution in [3.8, 4) is 0 Å². The molecule has 0 spiro atoms. The predicted octanol–water partition coefficient (Wildman–Crippen LogP) is 3.88. The highest BCUT2D eigenvalue weighted by atomic mass is 35.5. The van der Waals surface area contributed by atoms with E-state index in [4.69, 9.17) is 35.4 Å². The fourth-order valence-electron chi connectivity index (χ4n) is 1.83. The van der Waals surface area contributed by atoms with Crippen molar-refractivity contribution in [1.29, 1.82) is 0 Å². The maximum absolute atomic E-state index is 5.93. The van der Waals surface area contributed by atoms with Crippen molar-refractivity contribution < 1.29 is 0 Å². The van der Waals surface area contributed by atoms with Gasteiger partial charge in [-0.05, 0) is 49.3 Å². The van der Waals surface area contributed by atoms with Crippen LogP contribution in [0.1, 0.15) is 12.0 Å². The number of benzene rings is 1. The lowest BCUT2D eigenvalue weighted by Crippen LogP contribution is -2.29. The lowest BCUT2D eigenvalue weighted by atomic mass is 10.3. The lowest BCUT2D eigenvalue weighted by molar-refractivity contribution is 0.573. The normalized spacial score (nSPS) is 10.4. The van der Waals surface area contributed by atoms with Crippen LogP contribution in [0.25, 0.3) is 0 Å². The van der Waals surface area contributed by atoms with Crippen molar-refractivity contribution in [1.82, 2.24) is 15.1 Å². The number of anilines is 1. The largest absolute Gasteiger partial charge is 0.362 e. The van der Waals surface area contributed by atoms with E-state index in [0.717, 1.165) is 30.8 Å². The van der Waals surface area contributed by atoms with Crippen LogP contribution in [-0.2, 0) is 6.54 Å². The molecule has 0 aliphatic heterocycles. The zero-order valence-corrected chi connectivity index (χ0v) is 13.9. The Morgan fingerprint density at radius 2 is 2.00 bits per heavy atom. The van der Waals surface area contributed by atoms with Crippen LogP contribution in [0.3, 0.4) is 0 Å². The summed E-state index contributed by atoms with van der Waals surface area (Å²) in [5.74, 6) is 0. The highest BCUT2D eigenvalue weighted by molar-refractivity contribution is 7.80. The Balaban J connectivity index is 1.72. The summed E-state index contributed by atoms with van der Waals surface area (Å²) in [4.78, 5) is 0. The Bertz CT molecular complexity index is 607. The van der Waals surface area contributed by atoms with E-state index in [-0.39, 0.29) is 0 Å². The van der Waals surface area contributed by atoms with Gasteiger partial charge >= 0.3 is 0 Å². The predicted molar refractivity (Wildman–Crippen MR) is 92.3 cm³/mol. The van der Waals surface area contributed by atoms with Gasteiger partial charge in [-0.1, -0.05) is 23.2 Å². The van der Waals surface area contributed by atoms with Crippen LogP contribution in [0.5, 0.6) is 0 Å². The van der Waals surface area contributed by atoms with Gasteiger partial charge in [0.15, 0.2) is 5.11 Å². The maximum Gasteiger partial charge on any atom is 0.170 e. The summed E-state index contributed by atoms with van der Waals surface area (Å²) >= 11 is 17.1. The molecule has 7 heteroatoms. The van der Waals surface area contributed by atoms with Gasteiger partial charge in [-0.25, -0.2) is 0 Å². The minimum Gasteiger partial charge on any atom is -0.362 e. The highest BCUT2D eigenvalue weighted by Gasteiger charge is 2.01. The SMILES string of the molecule is Cc1cnn(CCCNC(=S)Nc2cc(Cl)cc(Cl)c2)c1. The van der Waals surface area contributed by atoms with Gasteiger partial charge in [0.25, 0.3) is 0 Å². The van der Waals surface area contributed by atoms with Gasteiger partial charge in [-0.15, -0.1) is 0 Å². The van der Waals surface area contributed by atoms with Gasteiger partial charge in [-0.3, -0.25) is 4.68 Å². The van der Waals surface area contributed by atoms with E-state index in [1.54, 1.807) is 18.2 Å². The molecule has 0 aliphatic rings. The number of nitrogens with zero attached hydrogens (tertiary/aromatic N) is 2. The third kappa shape index (κ3) is 5.53. The molecule has 2 N–H and O–H groups in total. The first-order valence-electron chi connectivity index (χ1n) is 6.53. The lowest BCUT2D eigenvalue weighted by Gasteiger charge is -2.11. The molecule has 0 saturated heterocycles. The first-order chi connectivity index (χ1) is 10.0. The van der Waals surface area contributed by atoms with Crippen molar-refractivity contribution in [2.24, 2.45) is 0 Å². The monoisotopic (exact) mass is 342 g/mol. The second kappa shape index (κ2) is 7.64. The smallest absolute Gasteiger partial charge is 0.170 e. The van der Waals surface area contributed by atoms with Crippen LogP contribution in [0.4, 0.5) is 5.69 Å². The maximum atomic E-state index is 5.93. The highest BCUT2D eigenvalue weighted by Crippen LogP contribution is 2.22. The van der Waals surface area contributed by atoms with Gasteiger partial charge in [0.2, 0.25) is 0 Å². The number of aryl methyl sites for hydroxylation is 2. The molecule has 1 aromatic carbocycles. The molecule has 0 aliphatic carbocycles. The molecule has 2 aromatic rings. The van der Waals surface area contributed by atoms with Gasteiger partial charge in [0.05, 0.1) is 6.20 Å². The third-order valence-corrected chi connectivity index (χ3v) is 3.42. The second-order valence-corrected chi connectivity index (χ2v) is 5.95. The first-order valence-corrected chi connectivity index (χ1v) is 7.69. The minimum absolute atomic E-state index is 0.546. The van der Waals surface area contributed by atoms with Crippen molar-refractivity contribution in [2.75, 3.05) is 11.9 Å². The van der Waals surface area contributed by atoms with E-state index in [1.165, 1.54) is 0 Å². The zero-order valence-electron chi connectivity index (χ0n) is 11.6.